The first-order chi connectivity index (χ1) is 12.5. The molecule has 0 saturated carbocycles. The highest BCUT2D eigenvalue weighted by Crippen LogP contribution is 2.39. The molecule has 2 aromatic rings. The van der Waals surface area contributed by atoms with Crippen LogP contribution in [0.4, 0.5) is 0 Å². The molecule has 140 valence electrons. The Morgan fingerprint density at radius 1 is 1.15 bits per heavy atom. The Morgan fingerprint density at radius 2 is 1.88 bits per heavy atom. The number of methoxy groups -OCH3 is 1. The lowest BCUT2D eigenvalue weighted by Crippen LogP contribution is -2.36. The van der Waals surface area contributed by atoms with Crippen molar-refractivity contribution < 1.29 is 23.0 Å². The summed E-state index contributed by atoms with van der Waals surface area (Å²) in [5.41, 5.74) is 1.24. The summed E-state index contributed by atoms with van der Waals surface area (Å²) in [7, 11) is -2.28. The summed E-state index contributed by atoms with van der Waals surface area (Å²) in [6, 6.07) is 13.5. The van der Waals surface area contributed by atoms with E-state index in [9.17, 15) is 13.5 Å². The van der Waals surface area contributed by atoms with Gasteiger partial charge in [0.1, 0.15) is 17.1 Å². The van der Waals surface area contributed by atoms with E-state index in [1.807, 2.05) is 6.92 Å². The van der Waals surface area contributed by atoms with E-state index >= 15 is 0 Å². The molecule has 1 saturated heterocycles. The van der Waals surface area contributed by atoms with Crippen molar-refractivity contribution in [2.75, 3.05) is 13.7 Å². The first-order valence-corrected chi connectivity index (χ1v) is 10.2. The average Bonchev–Trinajstić information content (AvgIpc) is 3.18. The zero-order chi connectivity index (χ0) is 18.7. The Hall–Kier alpha value is -1.89. The summed E-state index contributed by atoms with van der Waals surface area (Å²) in [6.07, 6.45) is -0.195. The van der Waals surface area contributed by atoms with Crippen molar-refractivity contribution in [3.05, 3.63) is 59.7 Å². The number of benzene rings is 2. The minimum atomic E-state index is -3.82. The third-order valence-electron chi connectivity index (χ3n) is 4.91. The van der Waals surface area contributed by atoms with Gasteiger partial charge in [-0.3, -0.25) is 0 Å². The highest BCUT2D eigenvalue weighted by molar-refractivity contribution is 7.91. The van der Waals surface area contributed by atoms with Crippen molar-refractivity contribution in [1.29, 1.82) is 0 Å². The standard InChI is InChI=1S/C20H24O5S/c1-14-16(10-6-11-17(14)24-2)20(19(21)18-12-7-13-25-18)26(22,23)15-8-4-3-5-9-15/h3-6,8-11,18-21H,7,12-13H2,1-2H3. The van der Waals surface area contributed by atoms with E-state index in [-0.39, 0.29) is 4.90 Å². The Morgan fingerprint density at radius 3 is 2.50 bits per heavy atom. The molecule has 5 nitrogen and oxygen atoms in total. The minimum absolute atomic E-state index is 0.185. The predicted octanol–water partition coefficient (Wildman–Crippen LogP) is 3.06. The van der Waals surface area contributed by atoms with Crippen LogP contribution in [-0.4, -0.2) is 39.4 Å². The zero-order valence-electron chi connectivity index (χ0n) is 15.0. The predicted molar refractivity (Wildman–Crippen MR) is 99.1 cm³/mol. The molecule has 1 heterocycles. The van der Waals surface area contributed by atoms with Crippen LogP contribution >= 0.6 is 0 Å². The zero-order valence-corrected chi connectivity index (χ0v) is 15.8. The van der Waals surface area contributed by atoms with Gasteiger partial charge in [-0.25, -0.2) is 8.42 Å². The molecule has 3 unspecified atom stereocenters. The third-order valence-corrected chi connectivity index (χ3v) is 7.05. The number of rotatable bonds is 6. The van der Waals surface area contributed by atoms with E-state index in [0.29, 0.717) is 29.9 Å². The van der Waals surface area contributed by atoms with Gasteiger partial charge >= 0.3 is 0 Å². The maximum atomic E-state index is 13.4. The third kappa shape index (κ3) is 3.49. The summed E-state index contributed by atoms with van der Waals surface area (Å²) in [5.74, 6) is 0.593. The molecule has 1 fully saturated rings. The van der Waals surface area contributed by atoms with Crippen LogP contribution in [-0.2, 0) is 14.6 Å². The highest BCUT2D eigenvalue weighted by atomic mass is 32.2. The first kappa shape index (κ1) is 18.9. The van der Waals surface area contributed by atoms with Crippen LogP contribution in [0, 0.1) is 6.92 Å². The highest BCUT2D eigenvalue weighted by Gasteiger charge is 2.41. The lowest BCUT2D eigenvalue weighted by Gasteiger charge is -2.29. The Kier molecular flexibility index (Phi) is 5.65. The lowest BCUT2D eigenvalue weighted by molar-refractivity contribution is -0.00366. The molecule has 6 heteroatoms. The minimum Gasteiger partial charge on any atom is -0.496 e. The van der Waals surface area contributed by atoms with Gasteiger partial charge in [-0.2, -0.15) is 0 Å². The number of aliphatic hydroxyl groups excluding tert-OH is 1. The molecule has 3 rings (SSSR count). The first-order valence-electron chi connectivity index (χ1n) is 8.69. The van der Waals surface area contributed by atoms with Gasteiger partial charge in [0.15, 0.2) is 9.84 Å². The molecule has 0 spiro atoms. The molecule has 26 heavy (non-hydrogen) atoms. The fourth-order valence-corrected chi connectivity index (χ4v) is 5.48. The Balaban J connectivity index is 2.14. The van der Waals surface area contributed by atoms with Crippen LogP contribution in [0.2, 0.25) is 0 Å². The molecule has 0 amide bonds. The van der Waals surface area contributed by atoms with E-state index in [4.69, 9.17) is 9.47 Å². The van der Waals surface area contributed by atoms with Crippen LogP contribution in [0.5, 0.6) is 5.75 Å². The van der Waals surface area contributed by atoms with Gasteiger partial charge in [0.2, 0.25) is 0 Å². The number of hydrogen-bond acceptors (Lipinski definition) is 5. The number of sulfone groups is 1. The van der Waals surface area contributed by atoms with Crippen molar-refractivity contribution in [2.45, 2.75) is 42.1 Å². The van der Waals surface area contributed by atoms with Crippen molar-refractivity contribution >= 4 is 9.84 Å². The Labute approximate surface area is 154 Å². The second kappa shape index (κ2) is 7.78. The van der Waals surface area contributed by atoms with Crippen LogP contribution in [0.15, 0.2) is 53.4 Å². The number of ether oxygens (including phenoxy) is 2. The molecule has 1 aliphatic heterocycles. The summed E-state index contributed by atoms with van der Waals surface area (Å²) in [6.45, 7) is 2.35. The maximum absolute atomic E-state index is 13.4. The summed E-state index contributed by atoms with van der Waals surface area (Å²) in [5, 5.41) is 9.88. The molecule has 2 aromatic carbocycles. The smallest absolute Gasteiger partial charge is 0.188 e. The van der Waals surface area contributed by atoms with Crippen LogP contribution in [0.3, 0.4) is 0 Å². The quantitative estimate of drug-likeness (QED) is 0.839. The SMILES string of the molecule is COc1cccc(C(C(O)C2CCCO2)S(=O)(=O)c2ccccc2)c1C. The number of aliphatic hydroxyl groups is 1. The van der Waals surface area contributed by atoms with Gasteiger partial charge in [0.25, 0.3) is 0 Å². The van der Waals surface area contributed by atoms with E-state index in [1.54, 1.807) is 55.6 Å². The monoisotopic (exact) mass is 376 g/mol. The van der Waals surface area contributed by atoms with Gasteiger partial charge in [-0.05, 0) is 49.1 Å². The van der Waals surface area contributed by atoms with Crippen molar-refractivity contribution in [2.24, 2.45) is 0 Å². The van der Waals surface area contributed by atoms with Crippen LogP contribution < -0.4 is 4.74 Å². The van der Waals surface area contributed by atoms with E-state index < -0.39 is 27.3 Å². The molecule has 1 N–H and O–H groups in total. The van der Waals surface area contributed by atoms with Crippen LogP contribution in [0.25, 0.3) is 0 Å². The molecule has 0 radical (unpaired) electrons. The fourth-order valence-electron chi connectivity index (χ4n) is 3.52. The normalized spacial score (nSPS) is 19.9. The molecular weight excluding hydrogens is 352 g/mol. The fraction of sp³-hybridized carbons (Fsp3) is 0.400. The molecular formula is C20H24O5S. The molecule has 0 aliphatic carbocycles. The Bertz CT molecular complexity index is 842. The summed E-state index contributed by atoms with van der Waals surface area (Å²) in [4.78, 5) is 0.185. The van der Waals surface area contributed by atoms with Gasteiger partial charge in [0.05, 0.1) is 18.1 Å². The number of hydrogen-bond donors (Lipinski definition) is 1. The molecule has 0 bridgehead atoms. The summed E-state index contributed by atoms with van der Waals surface area (Å²) >= 11 is 0. The van der Waals surface area contributed by atoms with Crippen molar-refractivity contribution in [3.63, 3.8) is 0 Å². The van der Waals surface area contributed by atoms with Gasteiger partial charge in [-0.15, -0.1) is 0 Å². The average molecular weight is 376 g/mol. The second-order valence-corrected chi connectivity index (χ2v) is 8.56. The van der Waals surface area contributed by atoms with E-state index in [0.717, 1.165) is 6.42 Å². The largest absolute Gasteiger partial charge is 0.496 e. The molecule has 3 atom stereocenters. The van der Waals surface area contributed by atoms with Crippen molar-refractivity contribution in [1.82, 2.24) is 0 Å². The topological polar surface area (TPSA) is 72.8 Å². The molecule has 0 aromatic heterocycles. The lowest BCUT2D eigenvalue weighted by atomic mass is 9.97. The van der Waals surface area contributed by atoms with E-state index in [2.05, 4.69) is 0 Å². The van der Waals surface area contributed by atoms with Gasteiger partial charge in [-0.1, -0.05) is 30.3 Å². The maximum Gasteiger partial charge on any atom is 0.188 e. The van der Waals surface area contributed by atoms with Crippen LogP contribution in [0.1, 0.15) is 29.2 Å². The van der Waals surface area contributed by atoms with Gasteiger partial charge < -0.3 is 14.6 Å². The molecule has 1 aliphatic rings. The van der Waals surface area contributed by atoms with E-state index in [1.165, 1.54) is 0 Å². The van der Waals surface area contributed by atoms with Gasteiger partial charge in [0, 0.05) is 6.61 Å². The van der Waals surface area contributed by atoms with Crippen molar-refractivity contribution in [3.8, 4) is 5.75 Å². The summed E-state index contributed by atoms with van der Waals surface area (Å²) < 4.78 is 37.8. The second-order valence-electron chi connectivity index (χ2n) is 6.50.